The van der Waals surface area contributed by atoms with Crippen molar-refractivity contribution in [2.24, 2.45) is 0 Å². The lowest BCUT2D eigenvalue weighted by Crippen LogP contribution is -2.44. The van der Waals surface area contributed by atoms with Crippen molar-refractivity contribution in [2.75, 3.05) is 27.2 Å². The second kappa shape index (κ2) is 7.65. The van der Waals surface area contributed by atoms with Crippen molar-refractivity contribution >= 4 is 16.2 Å². The molecule has 1 aromatic carbocycles. The number of likely N-dealkylation sites (tertiary alicyclic amines) is 1. The molecule has 3 rings (SSSR count). The van der Waals surface area contributed by atoms with E-state index in [1.165, 1.54) is 10.5 Å². The maximum Gasteiger partial charge on any atom is 0.260 e. The van der Waals surface area contributed by atoms with E-state index < -0.39 is 10.0 Å². The molecule has 1 aliphatic heterocycles. The van der Waals surface area contributed by atoms with Crippen LogP contribution >= 0.6 is 0 Å². The summed E-state index contributed by atoms with van der Waals surface area (Å²) in [5, 5.41) is 7.34. The van der Waals surface area contributed by atoms with Gasteiger partial charge >= 0.3 is 0 Å². The Kier molecular flexibility index (Phi) is 5.50. The molecule has 0 radical (unpaired) electrons. The summed E-state index contributed by atoms with van der Waals surface area (Å²) in [5.41, 5.74) is 2.23. The fraction of sp³-hybridized carbons (Fsp3) is 0.368. The summed E-state index contributed by atoms with van der Waals surface area (Å²) in [6.45, 7) is 1.80. The summed E-state index contributed by atoms with van der Waals surface area (Å²) in [7, 11) is 0.0745. The van der Waals surface area contributed by atoms with E-state index in [-0.39, 0.29) is 11.1 Å². The van der Waals surface area contributed by atoms with Crippen LogP contribution in [0.3, 0.4) is 0 Å². The number of nitrogens with zero attached hydrogens (tertiary/aromatic N) is 3. The van der Waals surface area contributed by atoms with Crippen molar-refractivity contribution < 1.29 is 8.42 Å². The van der Waals surface area contributed by atoms with Crippen molar-refractivity contribution in [3.8, 4) is 11.3 Å². The van der Waals surface area contributed by atoms with E-state index in [4.69, 9.17) is 5.41 Å². The number of hydrogen-bond acceptors (Lipinski definition) is 5. The smallest absolute Gasteiger partial charge is 0.260 e. The van der Waals surface area contributed by atoms with Crippen molar-refractivity contribution in [1.82, 2.24) is 14.2 Å². The van der Waals surface area contributed by atoms with Crippen LogP contribution in [0.1, 0.15) is 18.4 Å². The monoisotopic (exact) mass is 372 g/mol. The van der Waals surface area contributed by atoms with Gasteiger partial charge < -0.3 is 10.3 Å². The lowest BCUT2D eigenvalue weighted by atomic mass is 10.1. The summed E-state index contributed by atoms with van der Waals surface area (Å²) in [6, 6.07) is 12.4. The van der Waals surface area contributed by atoms with Crippen LogP contribution in [0.5, 0.6) is 0 Å². The molecule has 7 heteroatoms. The largest absolute Gasteiger partial charge is 0.308 e. The van der Waals surface area contributed by atoms with Crippen molar-refractivity contribution in [1.29, 1.82) is 5.41 Å². The predicted molar refractivity (Wildman–Crippen MR) is 103 cm³/mol. The van der Waals surface area contributed by atoms with E-state index in [1.807, 2.05) is 24.3 Å². The van der Waals surface area contributed by atoms with Crippen LogP contribution in [0.15, 0.2) is 47.5 Å². The molecule has 0 bridgehead atoms. The fourth-order valence-electron chi connectivity index (χ4n) is 3.17. The Labute approximate surface area is 155 Å². The van der Waals surface area contributed by atoms with Gasteiger partial charge in [-0.1, -0.05) is 30.3 Å². The van der Waals surface area contributed by atoms with Gasteiger partial charge in [0.05, 0.1) is 5.69 Å². The van der Waals surface area contributed by atoms with E-state index in [0.717, 1.165) is 37.1 Å². The molecular formula is C19H24N4O2S. The minimum atomic E-state index is -3.63. The van der Waals surface area contributed by atoms with Gasteiger partial charge in [0.2, 0.25) is 0 Å². The van der Waals surface area contributed by atoms with E-state index in [9.17, 15) is 8.42 Å². The second-order valence-corrected chi connectivity index (χ2v) is 8.63. The maximum atomic E-state index is 13.0. The zero-order valence-electron chi connectivity index (χ0n) is 15.1. The number of rotatable bonds is 5. The first-order chi connectivity index (χ1) is 12.4. The SMILES string of the molecule is CN1CCC(N(C)S(=O)(=O)c2cccc(-c3ccc(C=N)cc3)n2)CC1. The molecule has 26 heavy (non-hydrogen) atoms. The third-order valence-corrected chi connectivity index (χ3v) is 6.75. The number of pyridine rings is 1. The highest BCUT2D eigenvalue weighted by Gasteiger charge is 2.31. The van der Waals surface area contributed by atoms with Crippen molar-refractivity contribution in [3.63, 3.8) is 0 Å². The number of benzene rings is 1. The average Bonchev–Trinajstić information content (AvgIpc) is 2.68. The Morgan fingerprint density at radius 2 is 1.81 bits per heavy atom. The molecule has 0 aliphatic carbocycles. The van der Waals surface area contributed by atoms with Gasteiger partial charge in [-0.3, -0.25) is 0 Å². The third-order valence-electron chi connectivity index (χ3n) is 4.94. The molecule has 0 atom stereocenters. The zero-order chi connectivity index (χ0) is 18.7. The third kappa shape index (κ3) is 3.85. The Morgan fingerprint density at radius 3 is 2.42 bits per heavy atom. The fourth-order valence-corrected chi connectivity index (χ4v) is 4.53. The van der Waals surface area contributed by atoms with E-state index >= 15 is 0 Å². The summed E-state index contributed by atoms with van der Waals surface area (Å²) in [4.78, 5) is 6.62. The standard InChI is InChI=1S/C19H24N4O2S/c1-22-12-10-17(11-13-22)23(2)26(24,25)19-5-3-4-18(21-19)16-8-6-15(14-20)7-9-16/h3-9,14,17,20H,10-13H2,1-2H3. The van der Waals surface area contributed by atoms with Crippen LogP contribution in [0.2, 0.25) is 0 Å². The van der Waals surface area contributed by atoms with Crippen LogP contribution in [0.25, 0.3) is 11.3 Å². The Balaban J connectivity index is 1.87. The highest BCUT2D eigenvalue weighted by Crippen LogP contribution is 2.24. The van der Waals surface area contributed by atoms with Gasteiger partial charge in [0.1, 0.15) is 0 Å². The van der Waals surface area contributed by atoms with Crippen molar-refractivity contribution in [2.45, 2.75) is 23.9 Å². The first kappa shape index (κ1) is 18.7. The first-order valence-electron chi connectivity index (χ1n) is 8.66. The maximum absolute atomic E-state index is 13.0. The molecule has 138 valence electrons. The lowest BCUT2D eigenvalue weighted by molar-refractivity contribution is 0.197. The van der Waals surface area contributed by atoms with Crippen molar-refractivity contribution in [3.05, 3.63) is 48.0 Å². The number of sulfonamides is 1. The molecule has 0 unspecified atom stereocenters. The Hall–Kier alpha value is -2.09. The van der Waals surface area contributed by atoms with E-state index in [0.29, 0.717) is 5.69 Å². The normalized spacial score (nSPS) is 16.7. The summed E-state index contributed by atoms with van der Waals surface area (Å²) in [5.74, 6) is 0. The number of hydrogen-bond donors (Lipinski definition) is 1. The highest BCUT2D eigenvalue weighted by molar-refractivity contribution is 7.89. The molecule has 6 nitrogen and oxygen atoms in total. The number of nitrogens with one attached hydrogen (secondary N) is 1. The Bertz CT molecular complexity index is 873. The van der Waals surface area contributed by atoms with Gasteiger partial charge in [-0.15, -0.1) is 0 Å². The molecule has 1 fully saturated rings. The molecule has 0 amide bonds. The van der Waals surface area contributed by atoms with E-state index in [1.54, 1.807) is 25.2 Å². The van der Waals surface area contributed by atoms with Crippen LogP contribution in [-0.2, 0) is 10.0 Å². The second-order valence-electron chi connectivity index (χ2n) is 6.68. The molecular weight excluding hydrogens is 348 g/mol. The summed E-state index contributed by atoms with van der Waals surface area (Å²) >= 11 is 0. The van der Waals surface area contributed by atoms with Gasteiger partial charge in [0.25, 0.3) is 10.0 Å². The molecule has 0 saturated carbocycles. The van der Waals surface area contributed by atoms with E-state index in [2.05, 4.69) is 16.9 Å². The van der Waals surface area contributed by atoms with Crippen LogP contribution in [0, 0.1) is 5.41 Å². The van der Waals surface area contributed by atoms with Gasteiger partial charge in [-0.05, 0) is 50.7 Å². The minimum Gasteiger partial charge on any atom is -0.308 e. The molecule has 1 N–H and O–H groups in total. The first-order valence-corrected chi connectivity index (χ1v) is 10.1. The molecule has 1 aromatic heterocycles. The predicted octanol–water partition coefficient (Wildman–Crippen LogP) is 2.46. The minimum absolute atomic E-state index is 0.00790. The summed E-state index contributed by atoms with van der Waals surface area (Å²) in [6.07, 6.45) is 2.93. The molecule has 1 saturated heterocycles. The molecule has 2 aromatic rings. The molecule has 2 heterocycles. The summed E-state index contributed by atoms with van der Waals surface area (Å²) < 4.78 is 27.5. The van der Waals surface area contributed by atoms with Crippen LogP contribution in [0.4, 0.5) is 0 Å². The lowest BCUT2D eigenvalue weighted by Gasteiger charge is -2.34. The number of piperidine rings is 1. The van der Waals surface area contributed by atoms with Gasteiger partial charge in [0, 0.05) is 24.9 Å². The van der Waals surface area contributed by atoms with Gasteiger partial charge in [0.15, 0.2) is 5.03 Å². The molecule has 0 spiro atoms. The topological polar surface area (TPSA) is 77.4 Å². The quantitative estimate of drug-likeness (QED) is 0.818. The van der Waals surface area contributed by atoms with Gasteiger partial charge in [-0.25, -0.2) is 13.4 Å². The number of aromatic nitrogens is 1. The van der Waals surface area contributed by atoms with Crippen LogP contribution in [-0.4, -0.2) is 62.0 Å². The molecule has 1 aliphatic rings. The zero-order valence-corrected chi connectivity index (χ0v) is 15.9. The Morgan fingerprint density at radius 1 is 1.15 bits per heavy atom. The highest BCUT2D eigenvalue weighted by atomic mass is 32.2. The average molecular weight is 372 g/mol. The van der Waals surface area contributed by atoms with Gasteiger partial charge in [-0.2, -0.15) is 4.31 Å². The van der Waals surface area contributed by atoms with Crippen LogP contribution < -0.4 is 0 Å².